The van der Waals surface area contributed by atoms with Crippen molar-refractivity contribution in [3.8, 4) is 0 Å². The Balaban J connectivity index is 1.76. The molecule has 1 heterocycles. The molecule has 1 aliphatic heterocycles. The van der Waals surface area contributed by atoms with Gasteiger partial charge in [0.25, 0.3) is 0 Å². The Morgan fingerprint density at radius 1 is 0.826 bits per heavy atom. The fourth-order valence-corrected chi connectivity index (χ4v) is 4.37. The highest BCUT2D eigenvalue weighted by Crippen LogP contribution is 2.60. The van der Waals surface area contributed by atoms with Gasteiger partial charge >= 0.3 is 0 Å². The third-order valence-electron chi connectivity index (χ3n) is 7.19. The third kappa shape index (κ3) is 2.66. The number of benzene rings is 1. The summed E-state index contributed by atoms with van der Waals surface area (Å²) in [6, 6.07) is 11.3. The fraction of sp³-hybridized carbons (Fsp3) is 0.619. The zero-order valence-corrected chi connectivity index (χ0v) is 15.6. The van der Waals surface area contributed by atoms with Gasteiger partial charge < -0.3 is 9.80 Å². The number of para-hydroxylation sites is 1. The van der Waals surface area contributed by atoms with E-state index in [0.717, 1.165) is 6.67 Å². The summed E-state index contributed by atoms with van der Waals surface area (Å²) in [4.78, 5) is 4.89. The molecule has 2 nitrogen and oxygen atoms in total. The fourth-order valence-electron chi connectivity index (χ4n) is 4.37. The molecule has 0 aromatic heterocycles. The third-order valence-corrected chi connectivity index (χ3v) is 7.19. The van der Waals surface area contributed by atoms with Gasteiger partial charge in [-0.2, -0.15) is 0 Å². The Kier molecular flexibility index (Phi) is 3.78. The molecule has 1 saturated carbocycles. The summed E-state index contributed by atoms with van der Waals surface area (Å²) in [5.41, 5.74) is 2.31. The molecular formula is C21H32N2. The minimum Gasteiger partial charge on any atom is -0.355 e. The van der Waals surface area contributed by atoms with Crippen LogP contribution in [0.25, 0.3) is 0 Å². The van der Waals surface area contributed by atoms with Crippen LogP contribution >= 0.6 is 0 Å². The lowest BCUT2D eigenvalue weighted by atomic mass is 9.48. The van der Waals surface area contributed by atoms with E-state index in [2.05, 4.69) is 94.1 Å². The lowest BCUT2D eigenvalue weighted by Gasteiger charge is -2.59. The zero-order chi connectivity index (χ0) is 16.9. The minimum absolute atomic E-state index is 0.341. The van der Waals surface area contributed by atoms with E-state index in [-0.39, 0.29) is 0 Å². The van der Waals surface area contributed by atoms with E-state index in [1.165, 1.54) is 18.5 Å². The topological polar surface area (TPSA) is 6.48 Å². The van der Waals surface area contributed by atoms with Gasteiger partial charge in [-0.3, -0.25) is 0 Å². The highest BCUT2D eigenvalue weighted by Gasteiger charge is 2.54. The Bertz CT molecular complexity index is 563. The molecule has 1 aromatic carbocycles. The van der Waals surface area contributed by atoms with Gasteiger partial charge in [-0.1, -0.05) is 59.7 Å². The predicted octanol–water partition coefficient (Wildman–Crippen LogP) is 5.48. The number of rotatable bonds is 2. The molecule has 2 heteroatoms. The molecule has 0 N–H and O–H groups in total. The first kappa shape index (κ1) is 16.4. The van der Waals surface area contributed by atoms with Crippen molar-refractivity contribution in [3.63, 3.8) is 0 Å². The second-order valence-corrected chi connectivity index (χ2v) is 9.21. The van der Waals surface area contributed by atoms with Gasteiger partial charge in [-0.15, -0.1) is 0 Å². The normalized spacial score (nSPS) is 25.8. The van der Waals surface area contributed by atoms with Crippen LogP contribution in [-0.2, 0) is 0 Å². The monoisotopic (exact) mass is 312 g/mol. The van der Waals surface area contributed by atoms with Crippen molar-refractivity contribution in [2.75, 3.05) is 11.6 Å². The molecule has 0 atom stereocenters. The van der Waals surface area contributed by atoms with Crippen LogP contribution in [0.3, 0.4) is 0 Å². The first-order chi connectivity index (χ1) is 10.6. The van der Waals surface area contributed by atoms with Crippen LogP contribution in [0.2, 0.25) is 0 Å². The molecular weight excluding hydrogens is 280 g/mol. The molecule has 23 heavy (non-hydrogen) atoms. The summed E-state index contributed by atoms with van der Waals surface area (Å²) >= 11 is 0. The van der Waals surface area contributed by atoms with Crippen LogP contribution in [-0.4, -0.2) is 17.6 Å². The Morgan fingerprint density at radius 3 is 1.96 bits per heavy atom. The highest BCUT2D eigenvalue weighted by molar-refractivity contribution is 5.49. The summed E-state index contributed by atoms with van der Waals surface area (Å²) in [5, 5.41) is 0. The molecule has 0 spiro atoms. The molecule has 2 aliphatic rings. The van der Waals surface area contributed by atoms with Crippen LogP contribution in [0.5, 0.6) is 0 Å². The quantitative estimate of drug-likeness (QED) is 0.713. The van der Waals surface area contributed by atoms with Gasteiger partial charge in [0.15, 0.2) is 0 Å². The summed E-state index contributed by atoms with van der Waals surface area (Å²) in [5.74, 6) is 0. The summed E-state index contributed by atoms with van der Waals surface area (Å²) in [7, 11) is 0. The van der Waals surface area contributed by atoms with Gasteiger partial charge in [0, 0.05) is 24.1 Å². The van der Waals surface area contributed by atoms with E-state index in [9.17, 15) is 0 Å². The maximum atomic E-state index is 2.55. The first-order valence-corrected chi connectivity index (χ1v) is 8.90. The lowest BCUT2D eigenvalue weighted by molar-refractivity contribution is -0.0934. The molecule has 1 aromatic rings. The average molecular weight is 313 g/mol. The van der Waals surface area contributed by atoms with Gasteiger partial charge in [-0.05, 0) is 41.2 Å². The maximum absolute atomic E-state index is 2.55. The first-order valence-electron chi connectivity index (χ1n) is 8.90. The van der Waals surface area contributed by atoms with E-state index in [0.29, 0.717) is 22.3 Å². The second kappa shape index (κ2) is 5.29. The minimum atomic E-state index is 0.341. The number of hydrogen-bond donors (Lipinski definition) is 0. The molecule has 0 saturated heterocycles. The van der Waals surface area contributed by atoms with Crippen LogP contribution < -0.4 is 4.90 Å². The second-order valence-electron chi connectivity index (χ2n) is 9.21. The smallest absolute Gasteiger partial charge is 0.0944 e. The highest BCUT2D eigenvalue weighted by atomic mass is 15.4. The Morgan fingerprint density at radius 2 is 1.39 bits per heavy atom. The number of hydrogen-bond acceptors (Lipinski definition) is 2. The van der Waals surface area contributed by atoms with E-state index < -0.39 is 0 Å². The van der Waals surface area contributed by atoms with Gasteiger partial charge in [0.05, 0.1) is 6.67 Å². The van der Waals surface area contributed by atoms with E-state index >= 15 is 0 Å². The summed E-state index contributed by atoms with van der Waals surface area (Å²) in [6.07, 6.45) is 7.05. The van der Waals surface area contributed by atoms with Crippen molar-refractivity contribution >= 4 is 5.69 Å². The molecule has 0 radical (unpaired) electrons. The Labute approximate surface area is 142 Å². The summed E-state index contributed by atoms with van der Waals surface area (Å²) < 4.78 is 0. The van der Waals surface area contributed by atoms with Gasteiger partial charge in [0.2, 0.25) is 0 Å². The number of nitrogens with zero attached hydrogens (tertiary/aromatic N) is 2. The molecule has 1 fully saturated rings. The van der Waals surface area contributed by atoms with Crippen LogP contribution in [0, 0.1) is 16.2 Å². The average Bonchev–Trinajstić information content (AvgIpc) is 2.95. The van der Waals surface area contributed by atoms with Crippen molar-refractivity contribution in [3.05, 3.63) is 42.7 Å². The summed E-state index contributed by atoms with van der Waals surface area (Å²) in [6.45, 7) is 15.7. The molecule has 0 bridgehead atoms. The van der Waals surface area contributed by atoms with Gasteiger partial charge in [0.1, 0.15) is 0 Å². The van der Waals surface area contributed by atoms with Crippen LogP contribution in [0.15, 0.2) is 42.7 Å². The predicted molar refractivity (Wildman–Crippen MR) is 99.1 cm³/mol. The van der Waals surface area contributed by atoms with E-state index in [1.807, 2.05) is 0 Å². The lowest BCUT2D eigenvalue weighted by Crippen LogP contribution is -2.55. The van der Waals surface area contributed by atoms with Crippen molar-refractivity contribution in [1.29, 1.82) is 0 Å². The van der Waals surface area contributed by atoms with Gasteiger partial charge in [-0.25, -0.2) is 0 Å². The zero-order valence-electron chi connectivity index (χ0n) is 15.6. The SMILES string of the molecule is CC1(C)CC(N2C=CN(c3ccccc3)C2)CC(C)(C)C1(C)C. The van der Waals surface area contributed by atoms with Crippen LogP contribution in [0.1, 0.15) is 54.4 Å². The van der Waals surface area contributed by atoms with Crippen molar-refractivity contribution < 1.29 is 0 Å². The van der Waals surface area contributed by atoms with E-state index in [1.54, 1.807) is 0 Å². The van der Waals surface area contributed by atoms with Crippen molar-refractivity contribution in [2.24, 2.45) is 16.2 Å². The largest absolute Gasteiger partial charge is 0.355 e. The molecule has 0 amide bonds. The van der Waals surface area contributed by atoms with Crippen molar-refractivity contribution in [1.82, 2.24) is 4.90 Å². The molecule has 0 unspecified atom stereocenters. The molecule has 3 rings (SSSR count). The molecule has 1 aliphatic carbocycles. The van der Waals surface area contributed by atoms with Crippen LogP contribution in [0.4, 0.5) is 5.69 Å². The molecule has 126 valence electrons. The number of anilines is 1. The van der Waals surface area contributed by atoms with E-state index in [4.69, 9.17) is 0 Å². The maximum Gasteiger partial charge on any atom is 0.0944 e. The van der Waals surface area contributed by atoms with Crippen molar-refractivity contribution in [2.45, 2.75) is 60.4 Å². The standard InChI is InChI=1S/C21H32N2/c1-19(2)14-18(15-20(3,4)21(19,5)6)23-13-12-22(16-23)17-10-8-7-9-11-17/h7-13,18H,14-16H2,1-6H3. The Hall–Kier alpha value is -1.44.